The van der Waals surface area contributed by atoms with Crippen molar-refractivity contribution in [2.45, 2.75) is 97.9 Å². The highest BCUT2D eigenvalue weighted by Gasteiger charge is 2.52. The average Bonchev–Trinajstić information content (AvgIpc) is 2.68. The normalized spacial score (nSPS) is 17.4. The van der Waals surface area contributed by atoms with Crippen LogP contribution in [0.4, 0.5) is 0 Å². The highest BCUT2D eigenvalue weighted by atomic mass is 16.6. The first kappa shape index (κ1) is 29.8. The van der Waals surface area contributed by atoms with E-state index in [0.29, 0.717) is 6.42 Å². The van der Waals surface area contributed by atoms with Gasteiger partial charge in [-0.05, 0) is 52.4 Å². The number of esters is 2. The van der Waals surface area contributed by atoms with Crippen molar-refractivity contribution in [1.29, 1.82) is 0 Å². The van der Waals surface area contributed by atoms with Gasteiger partial charge in [0.05, 0.1) is 13.2 Å². The first-order valence-corrected chi connectivity index (χ1v) is 11.8. The van der Waals surface area contributed by atoms with E-state index in [-0.39, 0.29) is 24.7 Å². The summed E-state index contributed by atoms with van der Waals surface area (Å²) in [6.07, 6.45) is 0.976. The number of carbonyl (C=O) groups excluding carboxylic acids is 4. The smallest absolute Gasteiger partial charge is 0.331 e. The van der Waals surface area contributed by atoms with Gasteiger partial charge in [0.25, 0.3) is 0 Å². The predicted molar refractivity (Wildman–Crippen MR) is 124 cm³/mol. The molecule has 0 heterocycles. The lowest BCUT2D eigenvalue weighted by Gasteiger charge is -2.40. The Kier molecular flexibility index (Phi) is 10.1. The van der Waals surface area contributed by atoms with Gasteiger partial charge in [0.2, 0.25) is 11.8 Å². The molecule has 4 N–H and O–H groups in total. The van der Waals surface area contributed by atoms with E-state index >= 15 is 0 Å². The topological polar surface area (TPSA) is 151 Å². The molecule has 0 aromatic rings. The fourth-order valence-corrected chi connectivity index (χ4v) is 2.94. The van der Waals surface area contributed by atoms with Gasteiger partial charge in [-0.15, -0.1) is 0 Å². The van der Waals surface area contributed by atoms with Gasteiger partial charge in [0.15, 0.2) is 12.1 Å². The molecule has 1 aliphatic carbocycles. The maximum absolute atomic E-state index is 13.1. The van der Waals surface area contributed by atoms with Crippen LogP contribution in [-0.2, 0) is 28.7 Å². The second-order valence-corrected chi connectivity index (χ2v) is 10.7. The molecule has 10 nitrogen and oxygen atoms in total. The molecular formula is C24H42N2O8. The van der Waals surface area contributed by atoms with Crippen molar-refractivity contribution in [2.75, 3.05) is 13.2 Å². The Bertz CT molecular complexity index is 698. The number of aliphatic hydroxyl groups excluding tert-OH is 2. The summed E-state index contributed by atoms with van der Waals surface area (Å²) in [7, 11) is 0. The van der Waals surface area contributed by atoms with Crippen LogP contribution in [0.5, 0.6) is 0 Å². The van der Waals surface area contributed by atoms with Crippen LogP contribution in [0.15, 0.2) is 0 Å². The molecule has 0 bridgehead atoms. The fraction of sp³-hybridized carbons (Fsp3) is 0.833. The lowest BCUT2D eigenvalue weighted by Crippen LogP contribution is -2.61. The number of amides is 2. The molecule has 0 unspecified atom stereocenters. The molecular weight excluding hydrogens is 444 g/mol. The SMILES string of the molecule is CC(C)C(C)(C)OC(=O)[C@@H](CO)NC(=O)C1(C(=O)N[C@H](CO)C(=O)OC(C)(C)C(C)C)CCC1. The molecule has 0 aliphatic heterocycles. The van der Waals surface area contributed by atoms with E-state index in [9.17, 15) is 29.4 Å². The fourth-order valence-electron chi connectivity index (χ4n) is 2.94. The number of carbonyl (C=O) groups is 4. The monoisotopic (exact) mass is 486 g/mol. The van der Waals surface area contributed by atoms with Gasteiger partial charge in [-0.2, -0.15) is 0 Å². The van der Waals surface area contributed by atoms with Crippen LogP contribution >= 0.6 is 0 Å². The molecule has 1 aliphatic rings. The van der Waals surface area contributed by atoms with Crippen LogP contribution < -0.4 is 10.6 Å². The largest absolute Gasteiger partial charge is 0.458 e. The maximum atomic E-state index is 13.1. The third-order valence-corrected chi connectivity index (χ3v) is 7.13. The highest BCUT2D eigenvalue weighted by Crippen LogP contribution is 2.41. The summed E-state index contributed by atoms with van der Waals surface area (Å²) in [5.74, 6) is -3.13. The van der Waals surface area contributed by atoms with Gasteiger partial charge in [-0.3, -0.25) is 9.59 Å². The molecule has 10 heteroatoms. The van der Waals surface area contributed by atoms with Crippen molar-refractivity contribution in [3.8, 4) is 0 Å². The van der Waals surface area contributed by atoms with Crippen molar-refractivity contribution < 1.29 is 38.9 Å². The minimum atomic E-state index is -1.53. The molecule has 0 saturated heterocycles. The second kappa shape index (κ2) is 11.5. The van der Waals surface area contributed by atoms with Crippen LogP contribution in [0.25, 0.3) is 0 Å². The Hall–Kier alpha value is -2.20. The molecule has 2 atom stereocenters. The number of hydrogen-bond donors (Lipinski definition) is 4. The van der Waals surface area contributed by atoms with Crippen LogP contribution in [0.1, 0.15) is 74.7 Å². The number of aliphatic hydroxyl groups is 2. The van der Waals surface area contributed by atoms with E-state index in [4.69, 9.17) is 9.47 Å². The number of rotatable bonds is 12. The van der Waals surface area contributed by atoms with Crippen LogP contribution in [0, 0.1) is 17.3 Å². The predicted octanol–water partition coefficient (Wildman–Crippen LogP) is 1.07. The molecule has 2 amide bonds. The van der Waals surface area contributed by atoms with E-state index in [1.807, 2.05) is 27.7 Å². The number of nitrogens with one attached hydrogen (secondary N) is 2. The molecule has 1 fully saturated rings. The first-order chi connectivity index (χ1) is 15.5. The Morgan fingerprint density at radius 1 is 0.765 bits per heavy atom. The number of ether oxygens (including phenoxy) is 2. The third-order valence-electron chi connectivity index (χ3n) is 7.13. The molecule has 0 aromatic carbocycles. The highest BCUT2D eigenvalue weighted by molar-refractivity contribution is 6.07. The molecule has 1 saturated carbocycles. The van der Waals surface area contributed by atoms with Crippen molar-refractivity contribution in [2.24, 2.45) is 17.3 Å². The standard InChI is InChI=1S/C24H42N2O8/c1-14(2)22(5,6)33-18(29)16(12-27)25-20(31)24(10-9-11-24)21(32)26-17(13-28)19(30)34-23(7,8)15(3)4/h14-17,27-28H,9-13H2,1-8H3,(H,25,31)(H,26,32)/t16-,17-/m1/s1. The van der Waals surface area contributed by atoms with Gasteiger partial charge < -0.3 is 30.3 Å². The Morgan fingerprint density at radius 2 is 1.09 bits per heavy atom. The summed E-state index contributed by atoms with van der Waals surface area (Å²) in [5, 5.41) is 24.2. The summed E-state index contributed by atoms with van der Waals surface area (Å²) in [4.78, 5) is 51.2. The molecule has 34 heavy (non-hydrogen) atoms. The van der Waals surface area contributed by atoms with Gasteiger partial charge in [-0.25, -0.2) is 9.59 Å². The van der Waals surface area contributed by atoms with Crippen LogP contribution in [0.2, 0.25) is 0 Å². The zero-order valence-electron chi connectivity index (χ0n) is 21.7. The van der Waals surface area contributed by atoms with E-state index in [1.54, 1.807) is 27.7 Å². The Morgan fingerprint density at radius 3 is 1.29 bits per heavy atom. The first-order valence-electron chi connectivity index (χ1n) is 11.8. The van der Waals surface area contributed by atoms with E-state index in [0.717, 1.165) is 0 Å². The molecule has 196 valence electrons. The quantitative estimate of drug-likeness (QED) is 0.236. The Labute approximate surface area is 202 Å². The number of hydrogen-bond acceptors (Lipinski definition) is 8. The van der Waals surface area contributed by atoms with Gasteiger partial charge >= 0.3 is 11.9 Å². The summed E-state index contributed by atoms with van der Waals surface area (Å²) in [6.45, 7) is 13.0. The zero-order valence-corrected chi connectivity index (χ0v) is 21.7. The van der Waals surface area contributed by atoms with Crippen molar-refractivity contribution >= 4 is 23.8 Å². The Balaban J connectivity index is 2.93. The van der Waals surface area contributed by atoms with Crippen molar-refractivity contribution in [3.05, 3.63) is 0 Å². The van der Waals surface area contributed by atoms with Gasteiger partial charge in [0, 0.05) is 0 Å². The second-order valence-electron chi connectivity index (χ2n) is 10.7. The summed E-state index contributed by atoms with van der Waals surface area (Å²) >= 11 is 0. The average molecular weight is 487 g/mol. The summed E-state index contributed by atoms with van der Waals surface area (Å²) in [5.41, 5.74) is -3.17. The zero-order chi connectivity index (χ0) is 26.5. The van der Waals surface area contributed by atoms with Gasteiger partial charge in [0.1, 0.15) is 16.6 Å². The van der Waals surface area contributed by atoms with E-state index < -0.39 is 65.7 Å². The minimum absolute atomic E-state index is 0.00825. The lowest BCUT2D eigenvalue weighted by molar-refractivity contribution is -0.168. The van der Waals surface area contributed by atoms with E-state index in [1.165, 1.54) is 0 Å². The molecule has 1 rings (SSSR count). The van der Waals surface area contributed by atoms with E-state index in [2.05, 4.69) is 10.6 Å². The van der Waals surface area contributed by atoms with Crippen LogP contribution in [-0.4, -0.2) is 70.5 Å². The minimum Gasteiger partial charge on any atom is -0.458 e. The summed E-state index contributed by atoms with van der Waals surface area (Å²) < 4.78 is 10.9. The van der Waals surface area contributed by atoms with Crippen molar-refractivity contribution in [3.63, 3.8) is 0 Å². The van der Waals surface area contributed by atoms with Gasteiger partial charge in [-0.1, -0.05) is 34.1 Å². The maximum Gasteiger partial charge on any atom is 0.331 e. The lowest BCUT2D eigenvalue weighted by atomic mass is 9.67. The molecule has 0 radical (unpaired) electrons. The van der Waals surface area contributed by atoms with Crippen LogP contribution in [0.3, 0.4) is 0 Å². The third kappa shape index (κ3) is 6.91. The molecule has 0 spiro atoms. The summed E-state index contributed by atoms with van der Waals surface area (Å²) in [6, 6.07) is -2.69. The molecule has 0 aromatic heterocycles. The van der Waals surface area contributed by atoms with Crippen molar-refractivity contribution in [1.82, 2.24) is 10.6 Å².